The fourth-order valence-electron chi connectivity index (χ4n) is 2.13. The second kappa shape index (κ2) is 9.22. The molecule has 26 heavy (non-hydrogen) atoms. The fourth-order valence-corrected chi connectivity index (χ4v) is 2.13. The molecule has 0 radical (unpaired) electrons. The van der Waals surface area contributed by atoms with E-state index in [0.717, 1.165) is 0 Å². The number of carbonyl (C=O) groups is 3. The van der Waals surface area contributed by atoms with Gasteiger partial charge in [-0.2, -0.15) is 0 Å². The fraction of sp³-hybridized carbons (Fsp3) is 0.211. The summed E-state index contributed by atoms with van der Waals surface area (Å²) >= 11 is 0. The summed E-state index contributed by atoms with van der Waals surface area (Å²) in [6.45, 7) is 1.77. The molecule has 7 nitrogen and oxygen atoms in total. The van der Waals surface area contributed by atoms with Gasteiger partial charge in [0.05, 0.1) is 19.3 Å². The first-order chi connectivity index (χ1) is 12.5. The summed E-state index contributed by atoms with van der Waals surface area (Å²) in [4.78, 5) is 35.4. The number of carbonyl (C=O) groups excluding carboxylic acids is 3. The molecular formula is C19H19NO6. The normalized spacial score (nSPS) is 9.92. The molecule has 0 saturated carbocycles. The van der Waals surface area contributed by atoms with Crippen molar-refractivity contribution in [2.24, 2.45) is 0 Å². The van der Waals surface area contributed by atoms with Gasteiger partial charge in [0.2, 0.25) is 0 Å². The highest BCUT2D eigenvalue weighted by Gasteiger charge is 2.15. The molecule has 0 aromatic heterocycles. The van der Waals surface area contributed by atoms with Crippen LogP contribution in [0.2, 0.25) is 0 Å². The zero-order chi connectivity index (χ0) is 18.9. The number of ether oxygens (including phenoxy) is 3. The maximum absolute atomic E-state index is 12.1. The third-order valence-electron chi connectivity index (χ3n) is 3.33. The lowest BCUT2D eigenvalue weighted by Gasteiger charge is -2.10. The van der Waals surface area contributed by atoms with E-state index in [-0.39, 0.29) is 5.56 Å². The minimum absolute atomic E-state index is 0.254. The second-order valence-corrected chi connectivity index (χ2v) is 5.12. The number of hydrogen-bond donors (Lipinski definition) is 1. The van der Waals surface area contributed by atoms with E-state index in [2.05, 4.69) is 10.1 Å². The molecule has 0 fully saturated rings. The van der Waals surface area contributed by atoms with Crippen LogP contribution in [0.15, 0.2) is 48.5 Å². The average Bonchev–Trinajstić information content (AvgIpc) is 2.67. The maximum Gasteiger partial charge on any atom is 0.342 e. The van der Waals surface area contributed by atoms with E-state index in [4.69, 9.17) is 9.47 Å². The van der Waals surface area contributed by atoms with Crippen molar-refractivity contribution in [3.8, 4) is 5.75 Å². The van der Waals surface area contributed by atoms with E-state index < -0.39 is 24.5 Å². The second-order valence-electron chi connectivity index (χ2n) is 5.12. The summed E-state index contributed by atoms with van der Waals surface area (Å²) < 4.78 is 15.0. The topological polar surface area (TPSA) is 90.9 Å². The van der Waals surface area contributed by atoms with Crippen LogP contribution in [-0.4, -0.2) is 38.2 Å². The summed E-state index contributed by atoms with van der Waals surface area (Å²) in [7, 11) is 1.29. The molecule has 2 aromatic carbocycles. The van der Waals surface area contributed by atoms with Crippen molar-refractivity contribution >= 4 is 23.5 Å². The maximum atomic E-state index is 12.1. The quantitative estimate of drug-likeness (QED) is 0.766. The predicted octanol–water partition coefficient (Wildman–Crippen LogP) is 2.67. The number of methoxy groups -OCH3 is 1. The van der Waals surface area contributed by atoms with E-state index in [1.807, 2.05) is 0 Å². The van der Waals surface area contributed by atoms with Crippen LogP contribution in [-0.2, 0) is 14.3 Å². The smallest absolute Gasteiger partial charge is 0.342 e. The lowest BCUT2D eigenvalue weighted by molar-refractivity contribution is -0.119. The van der Waals surface area contributed by atoms with Crippen LogP contribution in [0.25, 0.3) is 0 Å². The van der Waals surface area contributed by atoms with Crippen molar-refractivity contribution in [2.45, 2.75) is 6.92 Å². The molecule has 136 valence electrons. The lowest BCUT2D eigenvalue weighted by Crippen LogP contribution is -2.21. The van der Waals surface area contributed by atoms with Crippen LogP contribution >= 0.6 is 0 Å². The first kappa shape index (κ1) is 19.0. The third kappa shape index (κ3) is 5.07. The van der Waals surface area contributed by atoms with Gasteiger partial charge in [-0.05, 0) is 43.3 Å². The van der Waals surface area contributed by atoms with Crippen LogP contribution in [0.3, 0.4) is 0 Å². The number of anilines is 1. The van der Waals surface area contributed by atoms with Gasteiger partial charge in [0.15, 0.2) is 6.61 Å². The van der Waals surface area contributed by atoms with E-state index in [1.54, 1.807) is 43.3 Å². The largest absolute Gasteiger partial charge is 0.493 e. The Morgan fingerprint density at radius 1 is 0.962 bits per heavy atom. The first-order valence-corrected chi connectivity index (χ1v) is 7.92. The van der Waals surface area contributed by atoms with Gasteiger partial charge >= 0.3 is 11.9 Å². The number of nitrogens with one attached hydrogen (secondary N) is 1. The molecule has 0 atom stereocenters. The Morgan fingerprint density at radius 3 is 2.31 bits per heavy atom. The van der Waals surface area contributed by atoms with Crippen LogP contribution in [0.1, 0.15) is 27.6 Å². The zero-order valence-electron chi connectivity index (χ0n) is 14.5. The molecule has 0 aliphatic carbocycles. The van der Waals surface area contributed by atoms with Gasteiger partial charge in [0.25, 0.3) is 5.91 Å². The van der Waals surface area contributed by atoms with Crippen molar-refractivity contribution in [1.82, 2.24) is 0 Å². The van der Waals surface area contributed by atoms with Gasteiger partial charge in [-0.15, -0.1) is 0 Å². The molecule has 1 N–H and O–H groups in total. The summed E-state index contributed by atoms with van der Waals surface area (Å²) in [6, 6.07) is 12.8. The van der Waals surface area contributed by atoms with Crippen LogP contribution in [0.5, 0.6) is 5.75 Å². The molecule has 0 saturated heterocycles. The molecule has 0 heterocycles. The Labute approximate surface area is 150 Å². The van der Waals surface area contributed by atoms with Crippen molar-refractivity contribution in [1.29, 1.82) is 0 Å². The number of benzene rings is 2. The van der Waals surface area contributed by atoms with Gasteiger partial charge in [0.1, 0.15) is 11.3 Å². The van der Waals surface area contributed by atoms with E-state index in [0.29, 0.717) is 23.6 Å². The van der Waals surface area contributed by atoms with Crippen molar-refractivity contribution in [3.63, 3.8) is 0 Å². The number of rotatable bonds is 7. The van der Waals surface area contributed by atoms with E-state index in [9.17, 15) is 14.4 Å². The first-order valence-electron chi connectivity index (χ1n) is 7.92. The molecule has 0 unspecified atom stereocenters. The molecule has 7 heteroatoms. The minimum Gasteiger partial charge on any atom is -0.493 e. The van der Waals surface area contributed by atoms with Crippen molar-refractivity contribution in [3.05, 3.63) is 59.7 Å². The molecule has 0 aliphatic rings. The molecule has 1 amide bonds. The Hall–Kier alpha value is -3.35. The Morgan fingerprint density at radius 2 is 1.65 bits per heavy atom. The molecule has 0 bridgehead atoms. The predicted molar refractivity (Wildman–Crippen MR) is 94.3 cm³/mol. The number of esters is 2. The summed E-state index contributed by atoms with van der Waals surface area (Å²) in [5.41, 5.74) is 1.09. The number of para-hydroxylation sites is 1. The molecular weight excluding hydrogens is 338 g/mol. The molecule has 2 rings (SSSR count). The van der Waals surface area contributed by atoms with Gasteiger partial charge in [-0.3, -0.25) is 4.79 Å². The summed E-state index contributed by atoms with van der Waals surface area (Å²) in [6.07, 6.45) is 0. The van der Waals surface area contributed by atoms with E-state index >= 15 is 0 Å². The summed E-state index contributed by atoms with van der Waals surface area (Å²) in [5.74, 6) is -1.22. The Bertz CT molecular complexity index is 785. The third-order valence-corrected chi connectivity index (χ3v) is 3.33. The lowest BCUT2D eigenvalue weighted by atomic mass is 10.2. The highest BCUT2D eigenvalue weighted by atomic mass is 16.5. The van der Waals surface area contributed by atoms with Gasteiger partial charge in [-0.1, -0.05) is 12.1 Å². The minimum atomic E-state index is -0.648. The monoisotopic (exact) mass is 357 g/mol. The zero-order valence-corrected chi connectivity index (χ0v) is 14.5. The van der Waals surface area contributed by atoms with Crippen LogP contribution in [0.4, 0.5) is 5.69 Å². The average molecular weight is 357 g/mol. The number of hydrogen-bond acceptors (Lipinski definition) is 6. The van der Waals surface area contributed by atoms with Crippen LogP contribution < -0.4 is 10.1 Å². The van der Waals surface area contributed by atoms with Gasteiger partial charge in [0, 0.05) is 5.69 Å². The standard InChI is InChI=1S/C19H19NO6/c1-3-25-16-7-5-4-6-15(16)19(23)26-12-17(21)20-14-10-8-13(9-11-14)18(22)24-2/h4-11H,3,12H2,1-2H3,(H,20,21). The SMILES string of the molecule is CCOc1ccccc1C(=O)OCC(=O)Nc1ccc(C(=O)OC)cc1. The van der Waals surface area contributed by atoms with Crippen molar-refractivity contribution < 1.29 is 28.6 Å². The Kier molecular flexibility index (Phi) is 6.73. The highest BCUT2D eigenvalue weighted by molar-refractivity contribution is 5.97. The molecule has 2 aromatic rings. The number of amides is 1. The summed E-state index contributed by atoms with van der Waals surface area (Å²) in [5, 5.41) is 2.57. The Balaban J connectivity index is 1.90. The van der Waals surface area contributed by atoms with E-state index in [1.165, 1.54) is 19.2 Å². The van der Waals surface area contributed by atoms with Gasteiger partial charge < -0.3 is 19.5 Å². The van der Waals surface area contributed by atoms with Crippen LogP contribution in [0, 0.1) is 0 Å². The molecule has 0 spiro atoms. The van der Waals surface area contributed by atoms with Gasteiger partial charge in [-0.25, -0.2) is 9.59 Å². The highest BCUT2D eigenvalue weighted by Crippen LogP contribution is 2.19. The molecule has 0 aliphatic heterocycles. The van der Waals surface area contributed by atoms with Crippen molar-refractivity contribution in [2.75, 3.05) is 25.6 Å².